The molecule has 0 spiro atoms. The minimum atomic E-state index is 0.0989. The molecule has 2 bridgehead atoms. The van der Waals surface area contributed by atoms with E-state index < -0.39 is 0 Å². The van der Waals surface area contributed by atoms with E-state index in [0.717, 1.165) is 18.3 Å². The van der Waals surface area contributed by atoms with Crippen LogP contribution < -0.4 is 0 Å². The number of fused-ring (bicyclic) bond motifs is 2. The van der Waals surface area contributed by atoms with Crippen molar-refractivity contribution >= 4 is 0 Å². The standard InChI is InChI=1S/C10H18O2/c1-6-8-4-7(10(8,2)3)5-9(6)12-11/h6-9,11H,4-5H2,1-3H3. The lowest BCUT2D eigenvalue weighted by Crippen LogP contribution is -2.57. The van der Waals surface area contributed by atoms with Gasteiger partial charge in [-0.1, -0.05) is 20.8 Å². The Bertz CT molecular complexity index is 188. The van der Waals surface area contributed by atoms with E-state index in [0.29, 0.717) is 11.3 Å². The summed E-state index contributed by atoms with van der Waals surface area (Å²) in [6.45, 7) is 6.88. The Hall–Kier alpha value is -0.0800. The van der Waals surface area contributed by atoms with Crippen molar-refractivity contribution in [3.63, 3.8) is 0 Å². The van der Waals surface area contributed by atoms with Crippen molar-refractivity contribution in [2.75, 3.05) is 0 Å². The van der Waals surface area contributed by atoms with Gasteiger partial charge < -0.3 is 0 Å². The third-order valence-electron chi connectivity index (χ3n) is 4.42. The van der Waals surface area contributed by atoms with Crippen molar-refractivity contribution < 1.29 is 10.1 Å². The summed E-state index contributed by atoms with van der Waals surface area (Å²) in [6.07, 6.45) is 2.48. The van der Waals surface area contributed by atoms with Gasteiger partial charge in [0.15, 0.2) is 0 Å². The van der Waals surface area contributed by atoms with Crippen molar-refractivity contribution in [1.82, 2.24) is 0 Å². The maximum atomic E-state index is 8.67. The molecular weight excluding hydrogens is 152 g/mol. The molecule has 4 atom stereocenters. The predicted molar refractivity (Wildman–Crippen MR) is 46.7 cm³/mol. The fourth-order valence-electron chi connectivity index (χ4n) is 3.24. The Morgan fingerprint density at radius 3 is 2.42 bits per heavy atom. The Morgan fingerprint density at radius 1 is 1.33 bits per heavy atom. The van der Waals surface area contributed by atoms with Crippen LogP contribution in [-0.2, 0) is 4.89 Å². The molecule has 3 rings (SSSR count). The highest BCUT2D eigenvalue weighted by molar-refractivity contribution is 5.05. The van der Waals surface area contributed by atoms with Gasteiger partial charge in [0.1, 0.15) is 0 Å². The van der Waals surface area contributed by atoms with Crippen molar-refractivity contribution in [3.8, 4) is 0 Å². The molecule has 3 aliphatic carbocycles. The molecule has 0 saturated heterocycles. The largest absolute Gasteiger partial charge is 0.252 e. The molecule has 0 radical (unpaired) electrons. The number of hydrogen-bond acceptors (Lipinski definition) is 2. The van der Waals surface area contributed by atoms with E-state index in [1.54, 1.807) is 0 Å². The topological polar surface area (TPSA) is 29.5 Å². The minimum Gasteiger partial charge on any atom is -0.252 e. The third-order valence-corrected chi connectivity index (χ3v) is 4.42. The van der Waals surface area contributed by atoms with Crippen LogP contribution in [0.4, 0.5) is 0 Å². The molecule has 0 aromatic rings. The predicted octanol–water partition coefficient (Wildman–Crippen LogP) is 2.55. The van der Waals surface area contributed by atoms with Crippen LogP contribution in [0.15, 0.2) is 0 Å². The van der Waals surface area contributed by atoms with Crippen LogP contribution >= 0.6 is 0 Å². The summed E-state index contributed by atoms with van der Waals surface area (Å²) in [6, 6.07) is 0. The first-order chi connectivity index (χ1) is 5.57. The lowest BCUT2D eigenvalue weighted by Gasteiger charge is -2.61. The van der Waals surface area contributed by atoms with Gasteiger partial charge in [-0.2, -0.15) is 0 Å². The average molecular weight is 170 g/mol. The Kier molecular flexibility index (Phi) is 1.74. The normalized spacial score (nSPS) is 50.0. The molecule has 4 unspecified atom stereocenters. The summed E-state index contributed by atoms with van der Waals surface area (Å²) < 4.78 is 0. The van der Waals surface area contributed by atoms with Gasteiger partial charge >= 0.3 is 0 Å². The van der Waals surface area contributed by atoms with Crippen molar-refractivity contribution in [3.05, 3.63) is 0 Å². The van der Waals surface area contributed by atoms with Crippen LogP contribution in [0.2, 0.25) is 0 Å². The van der Waals surface area contributed by atoms with Gasteiger partial charge in [-0.25, -0.2) is 4.89 Å². The zero-order valence-corrected chi connectivity index (χ0v) is 8.08. The van der Waals surface area contributed by atoms with Crippen molar-refractivity contribution in [1.29, 1.82) is 0 Å². The second-order valence-corrected chi connectivity index (χ2v) is 5.10. The first-order valence-electron chi connectivity index (χ1n) is 4.87. The van der Waals surface area contributed by atoms with Gasteiger partial charge in [-0.3, -0.25) is 5.26 Å². The Balaban J connectivity index is 2.11. The highest BCUT2D eigenvalue weighted by Gasteiger charge is 2.56. The third kappa shape index (κ3) is 0.882. The quantitative estimate of drug-likeness (QED) is 0.484. The summed E-state index contributed by atoms with van der Waals surface area (Å²) in [4.78, 5) is 4.50. The van der Waals surface area contributed by atoms with E-state index in [-0.39, 0.29) is 6.10 Å². The van der Waals surface area contributed by atoms with Crippen LogP contribution in [0.3, 0.4) is 0 Å². The van der Waals surface area contributed by atoms with E-state index in [4.69, 9.17) is 5.26 Å². The smallest absolute Gasteiger partial charge is 0.0958 e. The molecule has 3 aliphatic rings. The van der Waals surface area contributed by atoms with E-state index in [1.165, 1.54) is 6.42 Å². The minimum absolute atomic E-state index is 0.0989. The SMILES string of the molecule is CC1C(OO)CC2CC1C2(C)C. The van der Waals surface area contributed by atoms with Gasteiger partial charge in [-0.15, -0.1) is 0 Å². The van der Waals surface area contributed by atoms with Crippen LogP contribution in [0.5, 0.6) is 0 Å². The first-order valence-corrected chi connectivity index (χ1v) is 4.87. The second kappa shape index (κ2) is 2.46. The highest BCUT2D eigenvalue weighted by atomic mass is 17.1. The van der Waals surface area contributed by atoms with E-state index >= 15 is 0 Å². The summed E-state index contributed by atoms with van der Waals surface area (Å²) in [5, 5.41) is 8.67. The number of rotatable bonds is 1. The van der Waals surface area contributed by atoms with Crippen molar-refractivity contribution in [2.24, 2.45) is 23.2 Å². The molecule has 1 N–H and O–H groups in total. The maximum Gasteiger partial charge on any atom is 0.0958 e. The molecule has 2 nitrogen and oxygen atoms in total. The molecule has 0 aromatic carbocycles. The average Bonchev–Trinajstić information content (AvgIpc) is 2.03. The molecule has 0 aromatic heterocycles. The molecule has 2 heteroatoms. The maximum absolute atomic E-state index is 8.67. The number of hydrogen-bond donors (Lipinski definition) is 1. The Labute approximate surface area is 73.8 Å². The fraction of sp³-hybridized carbons (Fsp3) is 1.00. The van der Waals surface area contributed by atoms with Crippen LogP contribution in [0.1, 0.15) is 33.6 Å². The Morgan fingerprint density at radius 2 is 2.00 bits per heavy atom. The van der Waals surface area contributed by atoms with Gasteiger partial charge in [0, 0.05) is 0 Å². The summed E-state index contributed by atoms with van der Waals surface area (Å²) in [5.41, 5.74) is 0.494. The summed E-state index contributed by atoms with van der Waals surface area (Å²) in [7, 11) is 0. The summed E-state index contributed by atoms with van der Waals surface area (Å²) >= 11 is 0. The lowest BCUT2D eigenvalue weighted by atomic mass is 9.45. The lowest BCUT2D eigenvalue weighted by molar-refractivity contribution is -0.324. The first kappa shape index (κ1) is 8.52. The molecule has 3 fully saturated rings. The summed E-state index contributed by atoms with van der Waals surface area (Å²) in [5.74, 6) is 2.05. The van der Waals surface area contributed by atoms with E-state index in [1.807, 2.05) is 0 Å². The molecule has 0 heterocycles. The molecular formula is C10H18O2. The van der Waals surface area contributed by atoms with Crippen LogP contribution in [0.25, 0.3) is 0 Å². The molecule has 70 valence electrons. The van der Waals surface area contributed by atoms with Crippen LogP contribution in [0, 0.1) is 23.2 Å². The van der Waals surface area contributed by atoms with E-state index in [2.05, 4.69) is 25.7 Å². The highest BCUT2D eigenvalue weighted by Crippen LogP contribution is 2.61. The fourth-order valence-corrected chi connectivity index (χ4v) is 3.24. The van der Waals surface area contributed by atoms with Gasteiger partial charge in [0.05, 0.1) is 6.10 Å². The zero-order chi connectivity index (χ0) is 8.93. The second-order valence-electron chi connectivity index (χ2n) is 5.10. The van der Waals surface area contributed by atoms with Crippen LogP contribution in [-0.4, -0.2) is 11.4 Å². The monoisotopic (exact) mass is 170 g/mol. The molecule has 0 amide bonds. The molecule has 3 saturated carbocycles. The van der Waals surface area contributed by atoms with E-state index in [9.17, 15) is 0 Å². The van der Waals surface area contributed by atoms with Gasteiger partial charge in [0.2, 0.25) is 0 Å². The molecule has 0 aliphatic heterocycles. The van der Waals surface area contributed by atoms with Crippen molar-refractivity contribution in [2.45, 2.75) is 39.7 Å². The van der Waals surface area contributed by atoms with Gasteiger partial charge in [0.25, 0.3) is 0 Å². The van der Waals surface area contributed by atoms with Gasteiger partial charge in [-0.05, 0) is 36.0 Å². The molecule has 12 heavy (non-hydrogen) atoms. The zero-order valence-electron chi connectivity index (χ0n) is 8.08.